The Hall–Kier alpha value is -1.21. The Morgan fingerprint density at radius 2 is 1.96 bits per heavy atom. The summed E-state index contributed by atoms with van der Waals surface area (Å²) in [6.45, 7) is 9.71. The maximum Gasteiger partial charge on any atom is 0.407 e. The molecule has 27 heavy (non-hydrogen) atoms. The molecular formula is C20H29BrN2O3S. The van der Waals surface area contributed by atoms with Gasteiger partial charge >= 0.3 is 6.09 Å². The van der Waals surface area contributed by atoms with Crippen molar-refractivity contribution in [3.63, 3.8) is 0 Å². The maximum atomic E-state index is 12.5. The molecule has 2 amide bonds. The number of rotatable bonds is 5. The van der Waals surface area contributed by atoms with E-state index >= 15 is 0 Å². The van der Waals surface area contributed by atoms with Crippen LogP contribution in [0, 0.1) is 12.8 Å². The lowest BCUT2D eigenvalue weighted by atomic mass is 9.97. The largest absolute Gasteiger partial charge is 0.444 e. The molecule has 1 aliphatic heterocycles. The van der Waals surface area contributed by atoms with Crippen LogP contribution in [0.1, 0.15) is 39.2 Å². The summed E-state index contributed by atoms with van der Waals surface area (Å²) in [4.78, 5) is 27.3. The number of amides is 2. The van der Waals surface area contributed by atoms with Gasteiger partial charge in [-0.25, -0.2) is 4.79 Å². The van der Waals surface area contributed by atoms with Crippen LogP contribution in [0.25, 0.3) is 0 Å². The van der Waals surface area contributed by atoms with Gasteiger partial charge in [0.2, 0.25) is 5.91 Å². The number of halogens is 1. The lowest BCUT2D eigenvalue weighted by Crippen LogP contribution is -2.43. The average molecular weight is 457 g/mol. The van der Waals surface area contributed by atoms with Gasteiger partial charge in [0.25, 0.3) is 0 Å². The Morgan fingerprint density at radius 1 is 1.30 bits per heavy atom. The molecule has 0 radical (unpaired) electrons. The van der Waals surface area contributed by atoms with Gasteiger partial charge in [-0.05, 0) is 70.2 Å². The van der Waals surface area contributed by atoms with E-state index in [1.54, 1.807) is 11.8 Å². The number of benzene rings is 1. The van der Waals surface area contributed by atoms with Gasteiger partial charge in [-0.2, -0.15) is 0 Å². The molecule has 1 N–H and O–H groups in total. The Labute approximate surface area is 174 Å². The SMILES string of the molecule is Cc1cc(Br)ccc1SCC(=O)N1CCC(CNC(=O)OC(C)(C)C)CC1. The highest BCUT2D eigenvalue weighted by Gasteiger charge is 2.24. The first-order chi connectivity index (χ1) is 12.6. The van der Waals surface area contributed by atoms with E-state index in [1.165, 1.54) is 5.56 Å². The number of carbonyl (C=O) groups excluding carboxylic acids is 2. The van der Waals surface area contributed by atoms with E-state index in [2.05, 4.69) is 34.2 Å². The fourth-order valence-corrected chi connectivity index (χ4v) is 4.32. The predicted octanol–water partition coefficient (Wildman–Crippen LogP) is 4.61. The van der Waals surface area contributed by atoms with Crippen molar-refractivity contribution in [3.05, 3.63) is 28.2 Å². The van der Waals surface area contributed by atoms with Crippen molar-refractivity contribution in [2.75, 3.05) is 25.4 Å². The fourth-order valence-electron chi connectivity index (χ4n) is 2.93. The van der Waals surface area contributed by atoms with E-state index in [0.717, 1.165) is 35.3 Å². The molecule has 2 rings (SSSR count). The first kappa shape index (κ1) is 22.1. The van der Waals surface area contributed by atoms with Gasteiger partial charge < -0.3 is 15.0 Å². The minimum absolute atomic E-state index is 0.181. The lowest BCUT2D eigenvalue weighted by Gasteiger charge is -2.32. The van der Waals surface area contributed by atoms with Gasteiger partial charge in [-0.1, -0.05) is 15.9 Å². The number of aryl methyl sites for hydroxylation is 1. The first-order valence-electron chi connectivity index (χ1n) is 9.27. The normalized spacial score (nSPS) is 15.5. The summed E-state index contributed by atoms with van der Waals surface area (Å²) in [5, 5.41) is 2.84. The van der Waals surface area contributed by atoms with Gasteiger partial charge in [0.15, 0.2) is 0 Å². The van der Waals surface area contributed by atoms with Crippen LogP contribution in [0.5, 0.6) is 0 Å². The molecule has 0 aromatic heterocycles. The zero-order chi connectivity index (χ0) is 20.0. The summed E-state index contributed by atoms with van der Waals surface area (Å²) in [5.41, 5.74) is 0.694. The number of hydrogen-bond donors (Lipinski definition) is 1. The highest BCUT2D eigenvalue weighted by Crippen LogP contribution is 2.26. The van der Waals surface area contributed by atoms with Crippen LogP contribution in [0.15, 0.2) is 27.6 Å². The second-order valence-electron chi connectivity index (χ2n) is 7.91. The van der Waals surface area contributed by atoms with E-state index in [1.807, 2.05) is 37.8 Å². The van der Waals surface area contributed by atoms with Crippen LogP contribution < -0.4 is 5.32 Å². The number of hydrogen-bond acceptors (Lipinski definition) is 4. The topological polar surface area (TPSA) is 58.6 Å². The van der Waals surface area contributed by atoms with Crippen LogP contribution in [-0.4, -0.2) is 47.9 Å². The van der Waals surface area contributed by atoms with Crippen molar-refractivity contribution in [2.45, 2.75) is 51.0 Å². The summed E-state index contributed by atoms with van der Waals surface area (Å²) in [6.07, 6.45) is 1.44. The molecule has 0 unspecified atom stereocenters. The molecule has 0 atom stereocenters. The smallest absolute Gasteiger partial charge is 0.407 e. The molecule has 0 saturated carbocycles. The number of thioether (sulfide) groups is 1. The molecule has 7 heteroatoms. The number of likely N-dealkylation sites (tertiary alicyclic amines) is 1. The van der Waals surface area contributed by atoms with Crippen molar-refractivity contribution >= 4 is 39.7 Å². The van der Waals surface area contributed by atoms with Crippen LogP contribution in [0.4, 0.5) is 4.79 Å². The molecule has 1 heterocycles. The zero-order valence-electron chi connectivity index (χ0n) is 16.5. The third kappa shape index (κ3) is 7.74. The van der Waals surface area contributed by atoms with E-state index < -0.39 is 5.60 Å². The Morgan fingerprint density at radius 3 is 2.56 bits per heavy atom. The Balaban J connectivity index is 1.70. The van der Waals surface area contributed by atoms with Crippen molar-refractivity contribution < 1.29 is 14.3 Å². The van der Waals surface area contributed by atoms with E-state index in [0.29, 0.717) is 18.2 Å². The van der Waals surface area contributed by atoms with Crippen LogP contribution in [-0.2, 0) is 9.53 Å². The maximum absolute atomic E-state index is 12.5. The molecule has 150 valence electrons. The minimum atomic E-state index is -0.481. The van der Waals surface area contributed by atoms with Gasteiger partial charge in [-0.3, -0.25) is 4.79 Å². The molecule has 0 spiro atoms. The van der Waals surface area contributed by atoms with E-state index in [9.17, 15) is 9.59 Å². The van der Waals surface area contributed by atoms with Gasteiger partial charge in [-0.15, -0.1) is 11.8 Å². The van der Waals surface area contributed by atoms with E-state index in [-0.39, 0.29) is 12.0 Å². The van der Waals surface area contributed by atoms with Crippen molar-refractivity contribution in [1.29, 1.82) is 0 Å². The molecule has 0 aliphatic carbocycles. The highest BCUT2D eigenvalue weighted by molar-refractivity contribution is 9.10. The predicted molar refractivity (Wildman–Crippen MR) is 113 cm³/mol. The summed E-state index contributed by atoms with van der Waals surface area (Å²) >= 11 is 5.05. The second kappa shape index (κ2) is 9.82. The van der Waals surface area contributed by atoms with Gasteiger partial charge in [0, 0.05) is 29.0 Å². The van der Waals surface area contributed by atoms with Gasteiger partial charge in [0.05, 0.1) is 5.75 Å². The second-order valence-corrected chi connectivity index (χ2v) is 9.84. The number of ether oxygens (including phenoxy) is 1. The quantitative estimate of drug-likeness (QED) is 0.656. The summed E-state index contributed by atoms with van der Waals surface area (Å²) in [6, 6.07) is 6.12. The van der Waals surface area contributed by atoms with Gasteiger partial charge in [0.1, 0.15) is 5.60 Å². The molecule has 1 saturated heterocycles. The highest BCUT2D eigenvalue weighted by atomic mass is 79.9. The fraction of sp³-hybridized carbons (Fsp3) is 0.600. The van der Waals surface area contributed by atoms with Crippen LogP contribution in [0.3, 0.4) is 0 Å². The molecular weight excluding hydrogens is 428 g/mol. The molecule has 0 bridgehead atoms. The van der Waals surface area contributed by atoms with Crippen molar-refractivity contribution in [3.8, 4) is 0 Å². The summed E-state index contributed by atoms with van der Waals surface area (Å²) in [5.74, 6) is 1.03. The number of piperidine rings is 1. The van der Waals surface area contributed by atoms with E-state index in [4.69, 9.17) is 4.74 Å². The Bertz CT molecular complexity index is 668. The first-order valence-corrected chi connectivity index (χ1v) is 11.1. The monoisotopic (exact) mass is 456 g/mol. The Kier molecular flexibility index (Phi) is 8.04. The number of nitrogens with zero attached hydrogens (tertiary/aromatic N) is 1. The third-order valence-electron chi connectivity index (χ3n) is 4.39. The molecule has 1 fully saturated rings. The number of carbonyl (C=O) groups is 2. The number of nitrogens with one attached hydrogen (secondary N) is 1. The molecule has 1 aliphatic rings. The van der Waals surface area contributed by atoms with Crippen molar-refractivity contribution in [2.24, 2.45) is 5.92 Å². The summed E-state index contributed by atoms with van der Waals surface area (Å²) < 4.78 is 6.31. The lowest BCUT2D eigenvalue weighted by molar-refractivity contribution is -0.129. The average Bonchev–Trinajstić information content (AvgIpc) is 2.58. The van der Waals surface area contributed by atoms with Crippen LogP contribution in [0.2, 0.25) is 0 Å². The third-order valence-corrected chi connectivity index (χ3v) is 6.04. The molecule has 1 aromatic rings. The van der Waals surface area contributed by atoms with Crippen molar-refractivity contribution in [1.82, 2.24) is 10.2 Å². The molecule has 5 nitrogen and oxygen atoms in total. The molecule has 1 aromatic carbocycles. The minimum Gasteiger partial charge on any atom is -0.444 e. The zero-order valence-corrected chi connectivity index (χ0v) is 18.9. The summed E-state index contributed by atoms with van der Waals surface area (Å²) in [7, 11) is 0. The standard InChI is InChI=1S/C20H29BrN2O3S/c1-14-11-16(21)5-6-17(14)27-13-18(24)23-9-7-15(8-10-23)12-22-19(25)26-20(2,3)4/h5-6,11,15H,7-10,12-13H2,1-4H3,(H,22,25). The number of alkyl carbamates (subject to hydrolysis) is 1. The van der Waals surface area contributed by atoms with Crippen LogP contribution >= 0.6 is 27.7 Å².